The number of carbonyl (C=O) groups is 1. The number of alkyl carbamates (subject to hydrolysis) is 1. The van der Waals surface area contributed by atoms with Gasteiger partial charge in [-0.05, 0) is 39.7 Å². The molecule has 1 aromatic carbocycles. The van der Waals surface area contributed by atoms with Crippen LogP contribution in [0.3, 0.4) is 0 Å². The number of hydrogen-bond donors (Lipinski definition) is 2. The highest BCUT2D eigenvalue weighted by Crippen LogP contribution is 2.16. The van der Waals surface area contributed by atoms with Crippen LogP contribution in [-0.4, -0.2) is 24.3 Å². The van der Waals surface area contributed by atoms with Crippen LogP contribution in [0.25, 0.3) is 0 Å². The summed E-state index contributed by atoms with van der Waals surface area (Å²) in [6.07, 6.45) is 0.629. The molecule has 0 heterocycles. The Labute approximate surface area is 128 Å². The zero-order valence-electron chi connectivity index (χ0n) is 13.8. The van der Waals surface area contributed by atoms with Gasteiger partial charge in [0.1, 0.15) is 5.60 Å². The van der Waals surface area contributed by atoms with E-state index in [4.69, 9.17) is 4.74 Å². The summed E-state index contributed by atoms with van der Waals surface area (Å²) in [5, 5.41) is 6.33. The van der Waals surface area contributed by atoms with E-state index in [0.29, 0.717) is 12.6 Å². The molecule has 0 aliphatic heterocycles. The predicted molar refractivity (Wildman–Crippen MR) is 86.3 cm³/mol. The highest BCUT2D eigenvalue weighted by Gasteiger charge is 2.17. The third-order valence-corrected chi connectivity index (χ3v) is 3.05. The molecule has 2 unspecified atom stereocenters. The minimum atomic E-state index is -0.462. The summed E-state index contributed by atoms with van der Waals surface area (Å²) in [6, 6.07) is 10.8. The molecule has 0 aliphatic rings. The quantitative estimate of drug-likeness (QED) is 0.841. The first kappa shape index (κ1) is 17.5. The Hall–Kier alpha value is -1.55. The molecule has 0 spiro atoms. The van der Waals surface area contributed by atoms with E-state index < -0.39 is 5.60 Å². The Morgan fingerprint density at radius 1 is 1.24 bits per heavy atom. The van der Waals surface area contributed by atoms with Crippen molar-refractivity contribution >= 4 is 6.09 Å². The zero-order valence-corrected chi connectivity index (χ0v) is 13.8. The molecular weight excluding hydrogens is 264 g/mol. The van der Waals surface area contributed by atoms with Crippen LogP contribution in [0.4, 0.5) is 4.79 Å². The molecule has 2 N–H and O–H groups in total. The van der Waals surface area contributed by atoms with Crippen LogP contribution in [0.15, 0.2) is 30.3 Å². The van der Waals surface area contributed by atoms with Crippen molar-refractivity contribution in [2.45, 2.75) is 58.7 Å². The third kappa shape index (κ3) is 7.14. The number of hydrogen-bond acceptors (Lipinski definition) is 3. The van der Waals surface area contributed by atoms with E-state index in [1.165, 1.54) is 5.56 Å². The van der Waals surface area contributed by atoms with Crippen molar-refractivity contribution in [1.29, 1.82) is 0 Å². The van der Waals surface area contributed by atoms with Gasteiger partial charge in [-0.1, -0.05) is 37.3 Å². The molecule has 0 radical (unpaired) electrons. The van der Waals surface area contributed by atoms with Crippen LogP contribution in [0.1, 0.15) is 52.6 Å². The van der Waals surface area contributed by atoms with E-state index >= 15 is 0 Å². The fourth-order valence-electron chi connectivity index (χ4n) is 2.09. The smallest absolute Gasteiger partial charge is 0.407 e. The predicted octanol–water partition coefficient (Wildman–Crippen LogP) is 3.64. The highest BCUT2D eigenvalue weighted by atomic mass is 16.6. The molecule has 4 nitrogen and oxygen atoms in total. The van der Waals surface area contributed by atoms with E-state index in [1.54, 1.807) is 0 Å². The molecule has 4 heteroatoms. The van der Waals surface area contributed by atoms with Gasteiger partial charge in [-0.15, -0.1) is 0 Å². The lowest BCUT2D eigenvalue weighted by atomic mass is 10.0. The lowest BCUT2D eigenvalue weighted by Gasteiger charge is -2.24. The van der Waals surface area contributed by atoms with Crippen LogP contribution in [-0.2, 0) is 4.74 Å². The fourth-order valence-corrected chi connectivity index (χ4v) is 2.09. The maximum atomic E-state index is 11.6. The molecule has 0 aromatic heterocycles. The van der Waals surface area contributed by atoms with Crippen LogP contribution in [0.2, 0.25) is 0 Å². The summed E-state index contributed by atoms with van der Waals surface area (Å²) in [6.45, 7) is 10.3. The number of rotatable bonds is 6. The van der Waals surface area contributed by atoms with Crippen LogP contribution in [0, 0.1) is 0 Å². The standard InChI is InChI=1S/C17H28N2O2/c1-6-15(14-10-8-7-9-11-14)19-13(2)12-18-16(20)21-17(3,4)5/h7-11,13,15,19H,6,12H2,1-5H3,(H,18,20). The first-order valence-corrected chi connectivity index (χ1v) is 7.59. The molecule has 0 bridgehead atoms. The van der Waals surface area contributed by atoms with Gasteiger partial charge in [-0.25, -0.2) is 4.79 Å². The zero-order chi connectivity index (χ0) is 15.9. The molecule has 21 heavy (non-hydrogen) atoms. The van der Waals surface area contributed by atoms with Crippen molar-refractivity contribution in [2.75, 3.05) is 6.54 Å². The lowest BCUT2D eigenvalue weighted by Crippen LogP contribution is -2.42. The van der Waals surface area contributed by atoms with Gasteiger partial charge < -0.3 is 15.4 Å². The minimum absolute atomic E-state index is 0.169. The van der Waals surface area contributed by atoms with Crippen LogP contribution >= 0.6 is 0 Å². The number of nitrogens with one attached hydrogen (secondary N) is 2. The topological polar surface area (TPSA) is 50.4 Å². The second-order valence-electron chi connectivity index (χ2n) is 6.32. The highest BCUT2D eigenvalue weighted by molar-refractivity contribution is 5.67. The first-order chi connectivity index (χ1) is 9.81. The maximum Gasteiger partial charge on any atom is 0.407 e. The largest absolute Gasteiger partial charge is 0.444 e. The molecule has 0 saturated carbocycles. The van der Waals surface area contributed by atoms with Gasteiger partial charge in [0.05, 0.1) is 0 Å². The summed E-state index contributed by atoms with van der Waals surface area (Å²) in [5.41, 5.74) is 0.806. The molecule has 1 amide bonds. The van der Waals surface area contributed by atoms with Crippen molar-refractivity contribution in [3.05, 3.63) is 35.9 Å². The third-order valence-electron chi connectivity index (χ3n) is 3.05. The Morgan fingerprint density at radius 3 is 2.38 bits per heavy atom. The van der Waals surface area contributed by atoms with Gasteiger partial charge >= 0.3 is 6.09 Å². The number of benzene rings is 1. The van der Waals surface area contributed by atoms with Gasteiger partial charge in [0, 0.05) is 18.6 Å². The van der Waals surface area contributed by atoms with Crippen molar-refractivity contribution < 1.29 is 9.53 Å². The Morgan fingerprint density at radius 2 is 1.86 bits per heavy atom. The SMILES string of the molecule is CCC(NC(C)CNC(=O)OC(C)(C)C)c1ccccc1. The fraction of sp³-hybridized carbons (Fsp3) is 0.588. The van der Waals surface area contributed by atoms with Gasteiger partial charge in [-0.2, -0.15) is 0 Å². The maximum absolute atomic E-state index is 11.6. The summed E-state index contributed by atoms with van der Waals surface area (Å²) in [4.78, 5) is 11.6. The number of ether oxygens (including phenoxy) is 1. The van der Waals surface area contributed by atoms with Crippen molar-refractivity contribution in [1.82, 2.24) is 10.6 Å². The summed E-state index contributed by atoms with van der Waals surface area (Å²) in [5.74, 6) is 0. The molecule has 1 rings (SSSR count). The molecule has 0 aliphatic carbocycles. The first-order valence-electron chi connectivity index (χ1n) is 7.59. The summed E-state index contributed by atoms with van der Waals surface area (Å²) >= 11 is 0. The van der Waals surface area contributed by atoms with E-state index in [2.05, 4.69) is 36.6 Å². The van der Waals surface area contributed by atoms with Crippen molar-refractivity contribution in [3.63, 3.8) is 0 Å². The average molecular weight is 292 g/mol. The van der Waals surface area contributed by atoms with Gasteiger partial charge in [0.25, 0.3) is 0 Å². The van der Waals surface area contributed by atoms with E-state index in [1.807, 2.05) is 39.0 Å². The average Bonchev–Trinajstić information content (AvgIpc) is 2.41. The van der Waals surface area contributed by atoms with Gasteiger partial charge in [0.2, 0.25) is 0 Å². The normalized spacial score (nSPS) is 14.3. The monoisotopic (exact) mass is 292 g/mol. The molecule has 2 atom stereocenters. The van der Waals surface area contributed by atoms with Crippen molar-refractivity contribution in [3.8, 4) is 0 Å². The van der Waals surface area contributed by atoms with Crippen LogP contribution in [0.5, 0.6) is 0 Å². The lowest BCUT2D eigenvalue weighted by molar-refractivity contribution is 0.0522. The van der Waals surface area contributed by atoms with Gasteiger partial charge in [0.15, 0.2) is 0 Å². The van der Waals surface area contributed by atoms with Crippen LogP contribution < -0.4 is 10.6 Å². The Kier molecular flexibility index (Phi) is 6.69. The number of carbonyl (C=O) groups excluding carboxylic acids is 1. The molecule has 1 aromatic rings. The minimum Gasteiger partial charge on any atom is -0.444 e. The summed E-state index contributed by atoms with van der Waals surface area (Å²) in [7, 11) is 0. The van der Waals surface area contributed by atoms with E-state index in [0.717, 1.165) is 6.42 Å². The Balaban J connectivity index is 2.42. The summed E-state index contributed by atoms with van der Waals surface area (Å²) < 4.78 is 5.23. The molecule has 118 valence electrons. The number of amides is 1. The van der Waals surface area contributed by atoms with E-state index in [9.17, 15) is 4.79 Å². The molecule has 0 fully saturated rings. The second-order valence-corrected chi connectivity index (χ2v) is 6.32. The van der Waals surface area contributed by atoms with Crippen molar-refractivity contribution in [2.24, 2.45) is 0 Å². The second kappa shape index (κ2) is 8.03. The van der Waals surface area contributed by atoms with E-state index in [-0.39, 0.29) is 12.1 Å². The van der Waals surface area contributed by atoms with Gasteiger partial charge in [-0.3, -0.25) is 0 Å². The molecular formula is C17H28N2O2. The molecule has 0 saturated heterocycles. The Bertz CT molecular complexity index is 426.